The molecule has 3 aromatic rings. The van der Waals surface area contributed by atoms with Gasteiger partial charge in [-0.3, -0.25) is 4.98 Å². The molecule has 0 amide bonds. The van der Waals surface area contributed by atoms with Crippen LogP contribution in [0, 0.1) is 6.92 Å². The van der Waals surface area contributed by atoms with Gasteiger partial charge in [0.05, 0.1) is 5.69 Å². The van der Waals surface area contributed by atoms with E-state index in [4.69, 9.17) is 0 Å². The monoisotopic (exact) mass is 273 g/mol. The summed E-state index contributed by atoms with van der Waals surface area (Å²) in [6.45, 7) is 4.37. The summed E-state index contributed by atoms with van der Waals surface area (Å²) in [7, 11) is 0. The van der Waals surface area contributed by atoms with Crippen molar-refractivity contribution in [2.75, 3.05) is 0 Å². The van der Waals surface area contributed by atoms with Crippen LogP contribution in [-0.4, -0.2) is 4.98 Å². The first-order chi connectivity index (χ1) is 10.3. The van der Waals surface area contributed by atoms with E-state index in [0.717, 1.165) is 17.7 Å². The molecule has 0 atom stereocenters. The fourth-order valence-electron chi connectivity index (χ4n) is 2.63. The molecule has 1 heterocycles. The third-order valence-corrected chi connectivity index (χ3v) is 3.84. The molecule has 0 fully saturated rings. The summed E-state index contributed by atoms with van der Waals surface area (Å²) in [5, 5.41) is 0. The Hall–Kier alpha value is -2.41. The van der Waals surface area contributed by atoms with Crippen LogP contribution in [0.5, 0.6) is 0 Å². The molecule has 0 spiro atoms. The zero-order chi connectivity index (χ0) is 14.7. The van der Waals surface area contributed by atoms with Crippen molar-refractivity contribution < 1.29 is 0 Å². The molecule has 104 valence electrons. The van der Waals surface area contributed by atoms with Gasteiger partial charge in [-0.05, 0) is 47.7 Å². The Balaban J connectivity index is 2.04. The smallest absolute Gasteiger partial charge is 0.0708 e. The topological polar surface area (TPSA) is 12.9 Å². The van der Waals surface area contributed by atoms with Gasteiger partial charge < -0.3 is 0 Å². The molecule has 2 aromatic carbocycles. The van der Waals surface area contributed by atoms with Gasteiger partial charge in [0.25, 0.3) is 0 Å². The molecule has 0 aliphatic heterocycles. The van der Waals surface area contributed by atoms with Crippen LogP contribution >= 0.6 is 0 Å². The van der Waals surface area contributed by atoms with Crippen molar-refractivity contribution in [2.45, 2.75) is 20.3 Å². The lowest BCUT2D eigenvalue weighted by molar-refractivity contribution is 1.13. The molecule has 1 aromatic heterocycles. The Labute approximate surface area is 126 Å². The van der Waals surface area contributed by atoms with Crippen LogP contribution < -0.4 is 0 Å². The maximum atomic E-state index is 4.50. The summed E-state index contributed by atoms with van der Waals surface area (Å²) in [6.07, 6.45) is 2.97. The van der Waals surface area contributed by atoms with E-state index in [9.17, 15) is 0 Å². The second kappa shape index (κ2) is 5.92. The Morgan fingerprint density at radius 1 is 0.857 bits per heavy atom. The van der Waals surface area contributed by atoms with E-state index in [1.54, 1.807) is 0 Å². The van der Waals surface area contributed by atoms with Crippen molar-refractivity contribution in [3.05, 3.63) is 78.0 Å². The Morgan fingerprint density at radius 3 is 2.38 bits per heavy atom. The highest BCUT2D eigenvalue weighted by Gasteiger charge is 2.05. The SMILES string of the molecule is CCc1ccc(-c2ccnc(-c3ccccc3)c2)c(C)c1. The van der Waals surface area contributed by atoms with Gasteiger partial charge in [0, 0.05) is 11.8 Å². The van der Waals surface area contributed by atoms with Crippen LogP contribution in [0.15, 0.2) is 66.9 Å². The number of hydrogen-bond donors (Lipinski definition) is 0. The van der Waals surface area contributed by atoms with Gasteiger partial charge in [0.2, 0.25) is 0 Å². The zero-order valence-electron chi connectivity index (χ0n) is 12.5. The Morgan fingerprint density at radius 2 is 1.67 bits per heavy atom. The molecule has 1 nitrogen and oxygen atoms in total. The molecule has 0 aliphatic rings. The van der Waals surface area contributed by atoms with Crippen molar-refractivity contribution >= 4 is 0 Å². The van der Waals surface area contributed by atoms with Gasteiger partial charge >= 0.3 is 0 Å². The lowest BCUT2D eigenvalue weighted by atomic mass is 9.97. The summed E-state index contributed by atoms with van der Waals surface area (Å²) in [5.74, 6) is 0. The first-order valence-electron chi connectivity index (χ1n) is 7.39. The predicted octanol–water partition coefficient (Wildman–Crippen LogP) is 5.29. The number of hydrogen-bond acceptors (Lipinski definition) is 1. The Kier molecular flexibility index (Phi) is 3.83. The molecule has 0 unspecified atom stereocenters. The molecule has 0 saturated carbocycles. The highest BCUT2D eigenvalue weighted by Crippen LogP contribution is 2.27. The minimum atomic E-state index is 1.02. The second-order valence-electron chi connectivity index (χ2n) is 5.30. The third-order valence-electron chi connectivity index (χ3n) is 3.84. The standard InChI is InChI=1S/C20H19N/c1-3-16-9-10-19(15(2)13-16)18-11-12-21-20(14-18)17-7-5-4-6-8-17/h4-14H,3H2,1-2H3. The van der Waals surface area contributed by atoms with E-state index in [1.165, 1.54) is 22.3 Å². The van der Waals surface area contributed by atoms with Gasteiger partial charge in [0.1, 0.15) is 0 Å². The lowest BCUT2D eigenvalue weighted by Gasteiger charge is -2.09. The van der Waals surface area contributed by atoms with Crippen molar-refractivity contribution in [3.63, 3.8) is 0 Å². The van der Waals surface area contributed by atoms with Crippen molar-refractivity contribution in [1.82, 2.24) is 4.98 Å². The summed E-state index contributed by atoms with van der Waals surface area (Å²) < 4.78 is 0. The van der Waals surface area contributed by atoms with E-state index in [1.807, 2.05) is 24.4 Å². The molecule has 21 heavy (non-hydrogen) atoms. The van der Waals surface area contributed by atoms with Crippen LogP contribution in [0.3, 0.4) is 0 Å². The van der Waals surface area contributed by atoms with Gasteiger partial charge in [0.15, 0.2) is 0 Å². The minimum absolute atomic E-state index is 1.02. The number of nitrogens with zero attached hydrogens (tertiary/aromatic N) is 1. The lowest BCUT2D eigenvalue weighted by Crippen LogP contribution is -1.89. The van der Waals surface area contributed by atoms with Gasteiger partial charge in [-0.15, -0.1) is 0 Å². The highest BCUT2D eigenvalue weighted by molar-refractivity contribution is 5.72. The van der Waals surface area contributed by atoms with Crippen molar-refractivity contribution in [3.8, 4) is 22.4 Å². The second-order valence-corrected chi connectivity index (χ2v) is 5.30. The molecule has 0 aliphatic carbocycles. The molecule has 0 N–H and O–H groups in total. The fourth-order valence-corrected chi connectivity index (χ4v) is 2.63. The summed E-state index contributed by atoms with van der Waals surface area (Å²) in [6, 6.07) is 21.3. The summed E-state index contributed by atoms with van der Waals surface area (Å²) >= 11 is 0. The molecule has 0 saturated heterocycles. The zero-order valence-corrected chi connectivity index (χ0v) is 12.5. The van der Waals surface area contributed by atoms with E-state index in [-0.39, 0.29) is 0 Å². The molecule has 3 rings (SSSR count). The van der Waals surface area contributed by atoms with Crippen molar-refractivity contribution in [2.24, 2.45) is 0 Å². The number of pyridine rings is 1. The minimum Gasteiger partial charge on any atom is -0.256 e. The number of benzene rings is 2. The first-order valence-corrected chi connectivity index (χ1v) is 7.39. The number of aromatic nitrogens is 1. The van der Waals surface area contributed by atoms with Crippen molar-refractivity contribution in [1.29, 1.82) is 0 Å². The van der Waals surface area contributed by atoms with E-state index in [0.29, 0.717) is 0 Å². The largest absolute Gasteiger partial charge is 0.256 e. The number of rotatable bonds is 3. The van der Waals surface area contributed by atoms with Gasteiger partial charge in [-0.1, -0.05) is 55.5 Å². The molecule has 0 radical (unpaired) electrons. The summed E-state index contributed by atoms with van der Waals surface area (Å²) in [4.78, 5) is 4.50. The predicted molar refractivity (Wildman–Crippen MR) is 89.2 cm³/mol. The molecular weight excluding hydrogens is 254 g/mol. The average Bonchev–Trinajstić information content (AvgIpc) is 2.55. The van der Waals surface area contributed by atoms with E-state index in [2.05, 4.69) is 61.3 Å². The van der Waals surface area contributed by atoms with Crippen LogP contribution in [-0.2, 0) is 6.42 Å². The van der Waals surface area contributed by atoms with Gasteiger partial charge in [-0.2, -0.15) is 0 Å². The van der Waals surface area contributed by atoms with Crippen LogP contribution in [0.2, 0.25) is 0 Å². The number of aryl methyl sites for hydroxylation is 2. The van der Waals surface area contributed by atoms with E-state index < -0.39 is 0 Å². The van der Waals surface area contributed by atoms with E-state index >= 15 is 0 Å². The first kappa shape index (κ1) is 13.6. The molecule has 1 heteroatoms. The summed E-state index contributed by atoms with van der Waals surface area (Å²) in [5.41, 5.74) is 7.39. The highest BCUT2D eigenvalue weighted by atomic mass is 14.7. The average molecular weight is 273 g/mol. The fraction of sp³-hybridized carbons (Fsp3) is 0.150. The Bertz CT molecular complexity index is 745. The maximum absolute atomic E-state index is 4.50. The quantitative estimate of drug-likeness (QED) is 0.632. The maximum Gasteiger partial charge on any atom is 0.0708 e. The van der Waals surface area contributed by atoms with Crippen LogP contribution in [0.25, 0.3) is 22.4 Å². The van der Waals surface area contributed by atoms with Crippen LogP contribution in [0.1, 0.15) is 18.1 Å². The molecule has 0 bridgehead atoms. The third kappa shape index (κ3) is 2.87. The normalized spacial score (nSPS) is 10.6. The van der Waals surface area contributed by atoms with Gasteiger partial charge in [-0.25, -0.2) is 0 Å². The van der Waals surface area contributed by atoms with Crippen LogP contribution in [0.4, 0.5) is 0 Å². The molecular formula is C20H19N.